The van der Waals surface area contributed by atoms with Crippen molar-refractivity contribution in [3.8, 4) is 0 Å². The van der Waals surface area contributed by atoms with E-state index in [1.165, 1.54) is 4.90 Å². The zero-order valence-electron chi connectivity index (χ0n) is 12.7. The van der Waals surface area contributed by atoms with Crippen LogP contribution in [-0.2, 0) is 19.1 Å². The highest BCUT2D eigenvalue weighted by Crippen LogP contribution is 2.08. The summed E-state index contributed by atoms with van der Waals surface area (Å²) < 4.78 is 9.99. The first kappa shape index (κ1) is 17.2. The molecule has 0 spiro atoms. The lowest BCUT2D eigenvalue weighted by Crippen LogP contribution is -2.59. The summed E-state index contributed by atoms with van der Waals surface area (Å²) in [5, 5.41) is 5.20. The molecule has 8 heteroatoms. The number of hydrogen-bond acceptors (Lipinski definition) is 5. The fraction of sp³-hybridized carbons (Fsp3) is 0.769. The number of hydrogen-bond donors (Lipinski definition) is 2. The molecule has 0 bridgehead atoms. The Balaban J connectivity index is 2.57. The molecule has 0 aliphatic carbocycles. The maximum Gasteiger partial charge on any atom is 0.325 e. The van der Waals surface area contributed by atoms with Crippen LogP contribution in [-0.4, -0.2) is 67.8 Å². The summed E-state index contributed by atoms with van der Waals surface area (Å²) >= 11 is 0. The van der Waals surface area contributed by atoms with Crippen molar-refractivity contribution < 1.29 is 23.9 Å². The zero-order valence-corrected chi connectivity index (χ0v) is 12.7. The second kappa shape index (κ2) is 8.46. The van der Waals surface area contributed by atoms with E-state index in [9.17, 15) is 14.4 Å². The number of nitrogens with zero attached hydrogens (tertiary/aromatic N) is 1. The molecule has 21 heavy (non-hydrogen) atoms. The van der Waals surface area contributed by atoms with Gasteiger partial charge in [0, 0.05) is 12.6 Å². The highest BCUT2D eigenvalue weighted by Gasteiger charge is 2.33. The highest BCUT2D eigenvalue weighted by atomic mass is 16.5. The number of esters is 1. The molecule has 120 valence electrons. The van der Waals surface area contributed by atoms with Crippen LogP contribution in [0.3, 0.4) is 0 Å². The van der Waals surface area contributed by atoms with Gasteiger partial charge in [-0.1, -0.05) is 0 Å². The molecule has 3 amide bonds. The van der Waals surface area contributed by atoms with Crippen molar-refractivity contribution in [2.75, 3.05) is 32.9 Å². The average Bonchev–Trinajstić information content (AvgIpc) is 2.44. The van der Waals surface area contributed by atoms with Crippen LogP contribution in [0.2, 0.25) is 0 Å². The molecule has 0 aromatic carbocycles. The van der Waals surface area contributed by atoms with Gasteiger partial charge in [-0.15, -0.1) is 0 Å². The number of urea groups is 1. The van der Waals surface area contributed by atoms with Crippen LogP contribution in [0, 0.1) is 0 Å². The van der Waals surface area contributed by atoms with Crippen molar-refractivity contribution in [3.63, 3.8) is 0 Å². The third-order valence-corrected chi connectivity index (χ3v) is 2.81. The lowest BCUT2D eigenvalue weighted by molar-refractivity contribution is -0.141. The van der Waals surface area contributed by atoms with Gasteiger partial charge < -0.3 is 25.0 Å². The van der Waals surface area contributed by atoms with Crippen molar-refractivity contribution in [1.82, 2.24) is 15.5 Å². The van der Waals surface area contributed by atoms with E-state index in [0.717, 1.165) is 0 Å². The minimum Gasteiger partial charge on any atom is -0.465 e. The summed E-state index contributed by atoms with van der Waals surface area (Å²) in [5.74, 6) is -0.779. The first-order chi connectivity index (χ1) is 9.95. The van der Waals surface area contributed by atoms with Crippen LogP contribution >= 0.6 is 0 Å². The molecule has 0 aromatic rings. The standard InChI is InChI=1S/C13H23N3O5/c1-4-21-11(17)7-14-13(19)16-5-6-20-8-10(16)12(18)15-9(2)3/h9-10H,4-8H2,1-3H3,(H,14,19)(H,15,18). The minimum atomic E-state index is -0.691. The SMILES string of the molecule is CCOC(=O)CNC(=O)N1CCOCC1C(=O)NC(C)C. The second-order valence-electron chi connectivity index (χ2n) is 4.91. The van der Waals surface area contributed by atoms with E-state index in [2.05, 4.69) is 10.6 Å². The topological polar surface area (TPSA) is 97.0 Å². The smallest absolute Gasteiger partial charge is 0.325 e. The summed E-state index contributed by atoms with van der Waals surface area (Å²) in [4.78, 5) is 36.7. The third kappa shape index (κ3) is 5.58. The first-order valence-electron chi connectivity index (χ1n) is 7.04. The number of ether oxygens (including phenoxy) is 2. The zero-order chi connectivity index (χ0) is 15.8. The molecule has 1 atom stereocenters. The quantitative estimate of drug-likeness (QED) is 0.666. The van der Waals surface area contributed by atoms with Gasteiger partial charge in [0.25, 0.3) is 0 Å². The van der Waals surface area contributed by atoms with Crippen molar-refractivity contribution in [1.29, 1.82) is 0 Å². The highest BCUT2D eigenvalue weighted by molar-refractivity contribution is 5.88. The Labute approximate surface area is 124 Å². The lowest BCUT2D eigenvalue weighted by atomic mass is 10.2. The van der Waals surface area contributed by atoms with Crippen LogP contribution in [0.4, 0.5) is 4.79 Å². The number of morpholine rings is 1. The van der Waals surface area contributed by atoms with Gasteiger partial charge >= 0.3 is 12.0 Å². The molecule has 1 saturated heterocycles. The molecule has 0 radical (unpaired) electrons. The molecule has 1 aliphatic rings. The van der Waals surface area contributed by atoms with Gasteiger partial charge in [0.1, 0.15) is 12.6 Å². The van der Waals surface area contributed by atoms with Gasteiger partial charge in [0.05, 0.1) is 19.8 Å². The van der Waals surface area contributed by atoms with Gasteiger partial charge in [-0.2, -0.15) is 0 Å². The Hall–Kier alpha value is -1.83. The van der Waals surface area contributed by atoms with E-state index in [1.807, 2.05) is 13.8 Å². The number of carbonyl (C=O) groups is 3. The van der Waals surface area contributed by atoms with Gasteiger partial charge in [-0.25, -0.2) is 4.79 Å². The molecule has 1 fully saturated rings. The largest absolute Gasteiger partial charge is 0.465 e. The maximum atomic E-state index is 12.1. The lowest BCUT2D eigenvalue weighted by Gasteiger charge is -2.34. The average molecular weight is 301 g/mol. The Morgan fingerprint density at radius 1 is 1.38 bits per heavy atom. The fourth-order valence-electron chi connectivity index (χ4n) is 1.91. The minimum absolute atomic E-state index is 0.0242. The monoisotopic (exact) mass is 301 g/mol. The van der Waals surface area contributed by atoms with Crippen LogP contribution in [0.5, 0.6) is 0 Å². The Bertz CT molecular complexity index is 386. The van der Waals surface area contributed by atoms with Gasteiger partial charge in [-0.05, 0) is 20.8 Å². The first-order valence-corrected chi connectivity index (χ1v) is 7.04. The summed E-state index contributed by atoms with van der Waals surface area (Å²) in [7, 11) is 0. The van der Waals surface area contributed by atoms with Crippen LogP contribution in [0.15, 0.2) is 0 Å². The molecular weight excluding hydrogens is 278 g/mol. The van der Waals surface area contributed by atoms with Crippen molar-refractivity contribution in [2.45, 2.75) is 32.9 Å². The van der Waals surface area contributed by atoms with Crippen molar-refractivity contribution in [3.05, 3.63) is 0 Å². The Kier molecular flexibility index (Phi) is 6.93. The molecule has 0 saturated carbocycles. The summed E-state index contributed by atoms with van der Waals surface area (Å²) in [5.41, 5.74) is 0. The number of nitrogens with one attached hydrogen (secondary N) is 2. The van der Waals surface area contributed by atoms with E-state index < -0.39 is 18.0 Å². The van der Waals surface area contributed by atoms with Crippen LogP contribution < -0.4 is 10.6 Å². The second-order valence-corrected chi connectivity index (χ2v) is 4.91. The van der Waals surface area contributed by atoms with Gasteiger partial charge in [0.15, 0.2) is 0 Å². The molecule has 1 heterocycles. The summed E-state index contributed by atoms with van der Waals surface area (Å²) in [6.45, 7) is 6.20. The van der Waals surface area contributed by atoms with E-state index in [4.69, 9.17) is 9.47 Å². The maximum absolute atomic E-state index is 12.1. The molecule has 8 nitrogen and oxygen atoms in total. The molecule has 1 unspecified atom stereocenters. The number of amides is 3. The number of carbonyl (C=O) groups excluding carboxylic acids is 3. The Morgan fingerprint density at radius 3 is 2.71 bits per heavy atom. The summed E-state index contributed by atoms with van der Waals surface area (Å²) in [6.07, 6.45) is 0. The van der Waals surface area contributed by atoms with E-state index >= 15 is 0 Å². The van der Waals surface area contributed by atoms with Crippen molar-refractivity contribution >= 4 is 17.9 Å². The van der Waals surface area contributed by atoms with E-state index in [0.29, 0.717) is 13.2 Å². The van der Waals surface area contributed by atoms with Crippen LogP contribution in [0.1, 0.15) is 20.8 Å². The van der Waals surface area contributed by atoms with Crippen molar-refractivity contribution in [2.24, 2.45) is 0 Å². The molecule has 1 aliphatic heterocycles. The molecule has 2 N–H and O–H groups in total. The molecular formula is C13H23N3O5. The molecule has 1 rings (SSSR count). The normalized spacial score (nSPS) is 18.3. The van der Waals surface area contributed by atoms with Crippen LogP contribution in [0.25, 0.3) is 0 Å². The Morgan fingerprint density at radius 2 is 2.10 bits per heavy atom. The van der Waals surface area contributed by atoms with Gasteiger partial charge in [-0.3, -0.25) is 9.59 Å². The van der Waals surface area contributed by atoms with E-state index in [-0.39, 0.29) is 31.7 Å². The fourth-order valence-corrected chi connectivity index (χ4v) is 1.91. The van der Waals surface area contributed by atoms with E-state index in [1.54, 1.807) is 6.92 Å². The number of rotatable bonds is 5. The van der Waals surface area contributed by atoms with Gasteiger partial charge in [0.2, 0.25) is 5.91 Å². The summed E-state index contributed by atoms with van der Waals surface area (Å²) in [6, 6.07) is -1.19. The third-order valence-electron chi connectivity index (χ3n) is 2.81. The molecule has 0 aromatic heterocycles. The predicted molar refractivity (Wildman–Crippen MR) is 74.6 cm³/mol. The predicted octanol–water partition coefficient (Wildman–Crippen LogP) is -0.515.